The zero-order valence-electron chi connectivity index (χ0n) is 6.99. The molecule has 0 atom stereocenters. The summed E-state index contributed by atoms with van der Waals surface area (Å²) in [5.74, 6) is -0.374. The van der Waals surface area contributed by atoms with Crippen LogP contribution >= 0.6 is 0 Å². The number of carbonyl (C=O) groups is 1. The van der Waals surface area contributed by atoms with Gasteiger partial charge in [0.1, 0.15) is 0 Å². The predicted molar refractivity (Wildman–Crippen MR) is 42.1 cm³/mol. The van der Waals surface area contributed by atoms with Gasteiger partial charge in [0.25, 0.3) is 0 Å². The van der Waals surface area contributed by atoms with Gasteiger partial charge in [0, 0.05) is 0 Å². The van der Waals surface area contributed by atoms with Gasteiger partial charge in [-0.15, -0.1) is 0 Å². The molecule has 0 bridgehead atoms. The number of rotatable bonds is 2. The molecule has 0 unspecified atom stereocenters. The van der Waals surface area contributed by atoms with Crippen molar-refractivity contribution < 1.29 is 60.9 Å². The summed E-state index contributed by atoms with van der Waals surface area (Å²) in [6, 6.07) is 8.77. The van der Waals surface area contributed by atoms with Crippen molar-refractivity contribution in [1.82, 2.24) is 0 Å². The van der Waals surface area contributed by atoms with Gasteiger partial charge in [-0.2, -0.15) is 0 Å². The summed E-state index contributed by atoms with van der Waals surface area (Å²) in [6.07, 6.45) is 1.12. The van der Waals surface area contributed by atoms with Gasteiger partial charge in [-0.25, -0.2) is 4.79 Å². The SMILES string of the molecule is C=COC(=O)c1ccccc1.[K+]. The number of benzene rings is 1. The largest absolute Gasteiger partial charge is 1.00 e. The van der Waals surface area contributed by atoms with Gasteiger partial charge in [0.05, 0.1) is 11.8 Å². The van der Waals surface area contributed by atoms with Crippen molar-refractivity contribution in [2.24, 2.45) is 0 Å². The van der Waals surface area contributed by atoms with Crippen LogP contribution in [0.2, 0.25) is 0 Å². The first-order chi connectivity index (χ1) is 5.34. The molecule has 2 nitrogen and oxygen atoms in total. The second kappa shape index (κ2) is 6.57. The third-order valence-electron chi connectivity index (χ3n) is 1.20. The molecule has 0 amide bonds. The van der Waals surface area contributed by atoms with E-state index < -0.39 is 0 Å². The maximum Gasteiger partial charge on any atom is 1.00 e. The molecule has 12 heavy (non-hydrogen) atoms. The third kappa shape index (κ3) is 3.65. The maximum absolute atomic E-state index is 11.0. The Morgan fingerprint density at radius 1 is 1.33 bits per heavy atom. The molecule has 0 radical (unpaired) electrons. The molecule has 1 aromatic rings. The smallest absolute Gasteiger partial charge is 0.432 e. The monoisotopic (exact) mass is 187 g/mol. The molecule has 0 aromatic heterocycles. The van der Waals surface area contributed by atoms with E-state index in [1.54, 1.807) is 24.3 Å². The van der Waals surface area contributed by atoms with Crippen LogP contribution in [-0.2, 0) is 4.74 Å². The van der Waals surface area contributed by atoms with E-state index in [2.05, 4.69) is 11.3 Å². The Balaban J connectivity index is 0.00000121. The molecule has 0 heterocycles. The van der Waals surface area contributed by atoms with Crippen LogP contribution in [0, 0.1) is 0 Å². The molecule has 56 valence electrons. The molecule has 1 rings (SSSR count). The van der Waals surface area contributed by atoms with E-state index in [1.165, 1.54) is 0 Å². The topological polar surface area (TPSA) is 26.3 Å². The van der Waals surface area contributed by atoms with Crippen LogP contribution in [0.15, 0.2) is 43.2 Å². The molecule has 0 fully saturated rings. The third-order valence-corrected chi connectivity index (χ3v) is 1.20. The van der Waals surface area contributed by atoms with Gasteiger partial charge in [-0.3, -0.25) is 0 Å². The van der Waals surface area contributed by atoms with Crippen molar-refractivity contribution in [2.45, 2.75) is 0 Å². The minimum absolute atomic E-state index is 0. The summed E-state index contributed by atoms with van der Waals surface area (Å²) in [5, 5.41) is 0. The first kappa shape index (κ1) is 12.1. The molecule has 0 aliphatic rings. The number of esters is 1. The number of hydrogen-bond acceptors (Lipinski definition) is 2. The molecule has 0 saturated heterocycles. The van der Waals surface area contributed by atoms with Crippen molar-refractivity contribution in [1.29, 1.82) is 0 Å². The van der Waals surface area contributed by atoms with Crippen LogP contribution in [-0.4, -0.2) is 5.97 Å². The van der Waals surface area contributed by atoms with E-state index >= 15 is 0 Å². The van der Waals surface area contributed by atoms with Gasteiger partial charge < -0.3 is 4.74 Å². The molecule has 0 spiro atoms. The summed E-state index contributed by atoms with van der Waals surface area (Å²) >= 11 is 0. The van der Waals surface area contributed by atoms with Crippen LogP contribution in [0.25, 0.3) is 0 Å². The number of carbonyl (C=O) groups excluding carboxylic acids is 1. The number of ether oxygens (including phenoxy) is 1. The fourth-order valence-corrected chi connectivity index (χ4v) is 0.718. The Hall–Kier alpha value is 0.0664. The molecule has 0 N–H and O–H groups in total. The van der Waals surface area contributed by atoms with Crippen molar-refractivity contribution in [3.8, 4) is 0 Å². The molecule has 0 aliphatic heterocycles. The minimum atomic E-state index is -0.374. The van der Waals surface area contributed by atoms with Crippen LogP contribution in [0.4, 0.5) is 0 Å². The van der Waals surface area contributed by atoms with E-state index in [9.17, 15) is 4.79 Å². The Kier molecular flexibility index (Phi) is 6.60. The Bertz CT molecular complexity index is 256. The molecule has 3 heteroatoms. The van der Waals surface area contributed by atoms with Crippen molar-refractivity contribution >= 4 is 5.97 Å². The Morgan fingerprint density at radius 2 is 1.92 bits per heavy atom. The van der Waals surface area contributed by atoms with E-state index in [0.717, 1.165) is 6.26 Å². The van der Waals surface area contributed by atoms with Crippen LogP contribution in [0.5, 0.6) is 0 Å². The second-order valence-electron chi connectivity index (χ2n) is 1.94. The molecule has 0 saturated carbocycles. The quantitative estimate of drug-likeness (QED) is 0.337. The van der Waals surface area contributed by atoms with E-state index in [4.69, 9.17) is 0 Å². The summed E-state index contributed by atoms with van der Waals surface area (Å²) < 4.78 is 4.55. The van der Waals surface area contributed by atoms with Crippen molar-refractivity contribution in [3.63, 3.8) is 0 Å². The van der Waals surface area contributed by atoms with Crippen LogP contribution in [0.1, 0.15) is 10.4 Å². The van der Waals surface area contributed by atoms with Crippen molar-refractivity contribution in [2.75, 3.05) is 0 Å². The first-order valence-corrected chi connectivity index (χ1v) is 3.21. The summed E-state index contributed by atoms with van der Waals surface area (Å²) in [7, 11) is 0. The van der Waals surface area contributed by atoms with Crippen LogP contribution in [0.3, 0.4) is 0 Å². The zero-order chi connectivity index (χ0) is 8.10. The predicted octanol–water partition coefficient (Wildman–Crippen LogP) is -1.01. The van der Waals surface area contributed by atoms with Crippen LogP contribution < -0.4 is 51.4 Å². The maximum atomic E-state index is 11.0. The molecule has 0 aliphatic carbocycles. The number of hydrogen-bond donors (Lipinski definition) is 0. The fourth-order valence-electron chi connectivity index (χ4n) is 0.718. The molecule has 1 aromatic carbocycles. The Labute approximate surface area is 114 Å². The van der Waals surface area contributed by atoms with Gasteiger partial charge in [0.2, 0.25) is 0 Å². The van der Waals surface area contributed by atoms with Gasteiger partial charge in [-0.05, 0) is 12.1 Å². The van der Waals surface area contributed by atoms with Gasteiger partial charge >= 0.3 is 57.4 Å². The molecular formula is C9H8KO2+. The summed E-state index contributed by atoms with van der Waals surface area (Å²) in [5.41, 5.74) is 0.535. The van der Waals surface area contributed by atoms with E-state index in [1.807, 2.05) is 6.07 Å². The Morgan fingerprint density at radius 3 is 2.42 bits per heavy atom. The second-order valence-corrected chi connectivity index (χ2v) is 1.94. The normalized spacial score (nSPS) is 8.00. The van der Waals surface area contributed by atoms with Gasteiger partial charge in [0.15, 0.2) is 0 Å². The van der Waals surface area contributed by atoms with Crippen molar-refractivity contribution in [3.05, 3.63) is 48.7 Å². The fraction of sp³-hybridized carbons (Fsp3) is 0. The van der Waals surface area contributed by atoms with E-state index in [-0.39, 0.29) is 57.4 Å². The zero-order valence-corrected chi connectivity index (χ0v) is 10.1. The van der Waals surface area contributed by atoms with Gasteiger partial charge in [-0.1, -0.05) is 24.8 Å². The average Bonchev–Trinajstić information content (AvgIpc) is 2.07. The first-order valence-electron chi connectivity index (χ1n) is 3.21. The standard InChI is InChI=1S/C9H8O2.K/c1-2-11-9(10)8-6-4-3-5-7-8;/h2-7H,1H2;/q;+1. The summed E-state index contributed by atoms with van der Waals surface area (Å²) in [6.45, 7) is 3.28. The molecular weight excluding hydrogens is 179 g/mol. The average molecular weight is 187 g/mol. The summed E-state index contributed by atoms with van der Waals surface area (Å²) in [4.78, 5) is 11.0. The minimum Gasteiger partial charge on any atom is -0.432 e. The van der Waals surface area contributed by atoms with E-state index in [0.29, 0.717) is 5.56 Å².